The van der Waals surface area contributed by atoms with Crippen LogP contribution in [0.3, 0.4) is 0 Å². The molecule has 7 heteroatoms. The molecule has 0 saturated heterocycles. The molecule has 2 atom stereocenters. The first-order valence-electron chi connectivity index (χ1n) is 9.51. The van der Waals surface area contributed by atoms with Crippen molar-refractivity contribution in [3.8, 4) is 0 Å². The fourth-order valence-electron chi connectivity index (χ4n) is 3.19. The molecule has 0 radical (unpaired) electrons. The van der Waals surface area contributed by atoms with Crippen molar-refractivity contribution in [2.75, 3.05) is 34.2 Å². The van der Waals surface area contributed by atoms with Crippen LogP contribution in [0.1, 0.15) is 22.6 Å². The Hall–Kier alpha value is -2.48. The predicted molar refractivity (Wildman–Crippen MR) is 119 cm³/mol. The van der Waals surface area contributed by atoms with Gasteiger partial charge in [-0.2, -0.15) is 0 Å². The highest BCUT2D eigenvalue weighted by Crippen LogP contribution is 2.29. The average Bonchev–Trinajstić information content (AvgIpc) is 3.14. The van der Waals surface area contributed by atoms with Crippen molar-refractivity contribution >= 4 is 27.4 Å². The van der Waals surface area contributed by atoms with E-state index in [-0.39, 0.29) is 11.9 Å². The smallest absolute Gasteiger partial charge is 0.191 e. The molecule has 0 spiro atoms. The first kappa shape index (κ1) is 21.2. The van der Waals surface area contributed by atoms with Crippen LogP contribution < -0.4 is 10.6 Å². The zero-order chi connectivity index (χ0) is 20.8. The van der Waals surface area contributed by atoms with Crippen molar-refractivity contribution in [3.05, 3.63) is 70.9 Å². The number of aliphatic imine (C=N–C) groups is 1. The molecular weight excluding hydrogens is 387 g/mol. The molecule has 1 aromatic heterocycles. The molecule has 0 saturated carbocycles. The minimum Gasteiger partial charge on any atom is -0.386 e. The minimum atomic E-state index is -0.626. The number of fused-ring (bicyclic) bond motifs is 1. The predicted octanol–water partition coefficient (Wildman–Crippen LogP) is 3.54. The molecule has 2 unspecified atom stereocenters. The Morgan fingerprint density at radius 1 is 1.10 bits per heavy atom. The number of guanidine groups is 1. The van der Waals surface area contributed by atoms with Crippen LogP contribution in [0.5, 0.6) is 0 Å². The summed E-state index contributed by atoms with van der Waals surface area (Å²) >= 11 is 1.59. The number of halogens is 1. The molecule has 3 N–H and O–H groups in total. The van der Waals surface area contributed by atoms with Crippen LogP contribution in [0.15, 0.2) is 59.6 Å². The van der Waals surface area contributed by atoms with Gasteiger partial charge in [-0.3, -0.25) is 4.99 Å². The molecule has 3 aromatic rings. The van der Waals surface area contributed by atoms with E-state index in [1.807, 2.05) is 49.3 Å². The first-order chi connectivity index (χ1) is 14.0. The van der Waals surface area contributed by atoms with Gasteiger partial charge < -0.3 is 20.6 Å². The largest absolute Gasteiger partial charge is 0.386 e. The summed E-state index contributed by atoms with van der Waals surface area (Å²) in [5.74, 6) is 0.344. The van der Waals surface area contributed by atoms with E-state index in [1.54, 1.807) is 30.5 Å². The number of benzene rings is 2. The zero-order valence-electron chi connectivity index (χ0n) is 16.9. The SMILES string of the molecule is CN=C(NCC(O)c1cc2ccccc2s1)NCC(c1cccc(F)c1)N(C)C. The van der Waals surface area contributed by atoms with E-state index in [0.29, 0.717) is 19.0 Å². The fourth-order valence-corrected chi connectivity index (χ4v) is 4.24. The highest BCUT2D eigenvalue weighted by molar-refractivity contribution is 7.19. The molecule has 5 nitrogen and oxygen atoms in total. The third kappa shape index (κ3) is 5.53. The van der Waals surface area contributed by atoms with Crippen LogP contribution in [-0.2, 0) is 0 Å². The van der Waals surface area contributed by atoms with Crippen LogP contribution >= 0.6 is 11.3 Å². The lowest BCUT2D eigenvalue weighted by molar-refractivity contribution is 0.184. The fraction of sp³-hybridized carbons (Fsp3) is 0.318. The Morgan fingerprint density at radius 3 is 2.55 bits per heavy atom. The summed E-state index contributed by atoms with van der Waals surface area (Å²) in [5, 5.41) is 18.1. The molecule has 0 fully saturated rings. The summed E-state index contributed by atoms with van der Waals surface area (Å²) < 4.78 is 14.8. The van der Waals surface area contributed by atoms with Crippen LogP contribution in [0.4, 0.5) is 4.39 Å². The van der Waals surface area contributed by atoms with Gasteiger partial charge in [0.1, 0.15) is 11.9 Å². The van der Waals surface area contributed by atoms with Gasteiger partial charge in [-0.25, -0.2) is 4.39 Å². The number of nitrogens with zero attached hydrogens (tertiary/aromatic N) is 2. The van der Waals surface area contributed by atoms with E-state index in [1.165, 1.54) is 6.07 Å². The summed E-state index contributed by atoms with van der Waals surface area (Å²) in [6, 6.07) is 16.7. The van der Waals surface area contributed by atoms with Gasteiger partial charge in [0.15, 0.2) is 5.96 Å². The van der Waals surface area contributed by atoms with Gasteiger partial charge in [0.2, 0.25) is 0 Å². The van der Waals surface area contributed by atoms with Gasteiger partial charge in [0.05, 0.1) is 6.04 Å². The van der Waals surface area contributed by atoms with E-state index < -0.39 is 6.10 Å². The van der Waals surface area contributed by atoms with E-state index in [4.69, 9.17) is 0 Å². The Morgan fingerprint density at radius 2 is 1.86 bits per heavy atom. The highest BCUT2D eigenvalue weighted by atomic mass is 32.1. The van der Waals surface area contributed by atoms with Crippen molar-refractivity contribution < 1.29 is 9.50 Å². The van der Waals surface area contributed by atoms with Crippen molar-refractivity contribution in [2.24, 2.45) is 4.99 Å². The normalized spacial score (nSPS) is 14.2. The van der Waals surface area contributed by atoms with E-state index in [0.717, 1.165) is 20.5 Å². The molecule has 29 heavy (non-hydrogen) atoms. The Bertz CT molecular complexity index is 939. The van der Waals surface area contributed by atoms with Crippen molar-refractivity contribution in [2.45, 2.75) is 12.1 Å². The van der Waals surface area contributed by atoms with Crippen LogP contribution in [0, 0.1) is 5.82 Å². The highest BCUT2D eigenvalue weighted by Gasteiger charge is 2.16. The number of thiophene rings is 1. The second-order valence-corrected chi connectivity index (χ2v) is 8.19. The van der Waals surface area contributed by atoms with Crippen LogP contribution in [0.25, 0.3) is 10.1 Å². The summed E-state index contributed by atoms with van der Waals surface area (Å²) in [4.78, 5) is 7.18. The quantitative estimate of drug-likeness (QED) is 0.409. The number of rotatable bonds is 7. The lowest BCUT2D eigenvalue weighted by atomic mass is 10.1. The third-order valence-corrected chi connectivity index (χ3v) is 6.00. The zero-order valence-corrected chi connectivity index (χ0v) is 17.7. The number of hydrogen-bond acceptors (Lipinski definition) is 4. The second-order valence-electron chi connectivity index (χ2n) is 7.07. The summed E-state index contributed by atoms with van der Waals surface area (Å²) in [7, 11) is 5.60. The Balaban J connectivity index is 1.58. The lowest BCUT2D eigenvalue weighted by Gasteiger charge is -2.26. The Labute approximate surface area is 174 Å². The standard InChI is InChI=1S/C22H27FN4OS/c1-24-22(25-13-18(27(2)3)15-8-6-9-17(23)11-15)26-14-19(28)21-12-16-7-4-5-10-20(16)29-21/h4-12,18-19,28H,13-14H2,1-3H3,(H2,24,25,26). The van der Waals surface area contributed by atoms with Gasteiger partial charge in [-0.05, 0) is 49.3 Å². The van der Waals surface area contributed by atoms with E-state index in [2.05, 4.69) is 21.7 Å². The van der Waals surface area contributed by atoms with E-state index >= 15 is 0 Å². The van der Waals surface area contributed by atoms with Gasteiger partial charge in [-0.1, -0.05) is 30.3 Å². The maximum absolute atomic E-state index is 13.6. The molecule has 0 aliphatic carbocycles. The molecule has 0 bridgehead atoms. The Kier molecular flexibility index (Phi) is 7.19. The lowest BCUT2D eigenvalue weighted by Crippen LogP contribution is -2.43. The molecular formula is C22H27FN4OS. The number of aliphatic hydroxyl groups excluding tert-OH is 1. The van der Waals surface area contributed by atoms with Crippen molar-refractivity contribution in [1.82, 2.24) is 15.5 Å². The summed E-state index contributed by atoms with van der Waals surface area (Å²) in [5.41, 5.74) is 0.892. The van der Waals surface area contributed by atoms with Crippen LogP contribution in [-0.4, -0.2) is 50.2 Å². The van der Waals surface area contributed by atoms with Crippen LogP contribution in [0.2, 0.25) is 0 Å². The topological polar surface area (TPSA) is 59.9 Å². The molecule has 2 aromatic carbocycles. The number of aliphatic hydroxyl groups is 1. The van der Waals surface area contributed by atoms with Gasteiger partial charge in [0, 0.05) is 29.7 Å². The van der Waals surface area contributed by atoms with Crippen molar-refractivity contribution in [3.63, 3.8) is 0 Å². The van der Waals surface area contributed by atoms with Crippen molar-refractivity contribution in [1.29, 1.82) is 0 Å². The second kappa shape index (κ2) is 9.82. The van der Waals surface area contributed by atoms with Gasteiger partial charge >= 0.3 is 0 Å². The molecule has 154 valence electrons. The number of likely N-dealkylation sites (N-methyl/N-ethyl adjacent to an activating group) is 1. The third-order valence-electron chi connectivity index (χ3n) is 4.78. The molecule has 0 aliphatic heterocycles. The maximum atomic E-state index is 13.6. The number of nitrogens with one attached hydrogen (secondary N) is 2. The molecule has 0 aliphatic rings. The summed E-state index contributed by atoms with van der Waals surface area (Å²) in [6.45, 7) is 0.897. The summed E-state index contributed by atoms with van der Waals surface area (Å²) in [6.07, 6.45) is -0.626. The molecule has 0 amide bonds. The minimum absolute atomic E-state index is 0.0169. The first-order valence-corrected chi connectivity index (χ1v) is 10.3. The molecule has 1 heterocycles. The van der Waals surface area contributed by atoms with Gasteiger partial charge in [-0.15, -0.1) is 11.3 Å². The maximum Gasteiger partial charge on any atom is 0.191 e. The number of hydrogen-bond donors (Lipinski definition) is 3. The average molecular weight is 415 g/mol. The van der Waals surface area contributed by atoms with E-state index in [9.17, 15) is 9.50 Å². The van der Waals surface area contributed by atoms with Gasteiger partial charge in [0.25, 0.3) is 0 Å². The monoisotopic (exact) mass is 414 g/mol. The molecule has 3 rings (SSSR count).